The van der Waals surface area contributed by atoms with Gasteiger partial charge in [-0.25, -0.2) is 4.63 Å². The van der Waals surface area contributed by atoms with Crippen LogP contribution >= 0.6 is 0 Å². The van der Waals surface area contributed by atoms with Crippen molar-refractivity contribution in [3.8, 4) is 22.8 Å². The molecule has 1 aromatic heterocycles. The first-order valence-corrected chi connectivity index (χ1v) is 8.80. The van der Waals surface area contributed by atoms with Gasteiger partial charge in [-0.15, -0.1) is 0 Å². The highest BCUT2D eigenvalue weighted by Crippen LogP contribution is 2.34. The topological polar surface area (TPSA) is 86.5 Å². The summed E-state index contributed by atoms with van der Waals surface area (Å²) in [4.78, 5) is 12.6. The van der Waals surface area contributed by atoms with Crippen molar-refractivity contribution in [2.24, 2.45) is 0 Å². The van der Waals surface area contributed by atoms with Crippen LogP contribution in [0.25, 0.3) is 11.3 Å². The van der Waals surface area contributed by atoms with Gasteiger partial charge in [0.15, 0.2) is 17.2 Å². The molecule has 0 saturated carbocycles. The van der Waals surface area contributed by atoms with Crippen LogP contribution in [0.4, 0.5) is 5.82 Å². The van der Waals surface area contributed by atoms with Crippen LogP contribution in [0.5, 0.6) is 11.5 Å². The first-order chi connectivity index (χ1) is 13.3. The molecule has 7 heteroatoms. The lowest BCUT2D eigenvalue weighted by molar-refractivity contribution is 0.102. The number of methoxy groups -OCH3 is 2. The van der Waals surface area contributed by atoms with Gasteiger partial charge in [-0.2, -0.15) is 0 Å². The number of nitrogens with zero attached hydrogens (tertiary/aromatic N) is 2. The molecule has 0 aliphatic rings. The van der Waals surface area contributed by atoms with Crippen LogP contribution in [-0.2, 0) is 5.41 Å². The summed E-state index contributed by atoms with van der Waals surface area (Å²) in [6, 6.07) is 12.8. The van der Waals surface area contributed by atoms with E-state index in [1.807, 2.05) is 12.1 Å². The molecule has 1 N–H and O–H groups in total. The minimum Gasteiger partial charge on any atom is -0.493 e. The van der Waals surface area contributed by atoms with Crippen LogP contribution in [0.3, 0.4) is 0 Å². The molecule has 0 radical (unpaired) electrons. The second kappa shape index (κ2) is 7.72. The molecule has 1 amide bonds. The summed E-state index contributed by atoms with van der Waals surface area (Å²) in [6.07, 6.45) is 0. The van der Waals surface area contributed by atoms with E-state index >= 15 is 0 Å². The number of rotatable bonds is 5. The number of anilines is 1. The quantitative estimate of drug-likeness (QED) is 0.709. The number of benzene rings is 2. The lowest BCUT2D eigenvalue weighted by Crippen LogP contribution is -2.15. The maximum atomic E-state index is 12.6. The van der Waals surface area contributed by atoms with Gasteiger partial charge in [-0.05, 0) is 51.6 Å². The molecule has 2 aromatic carbocycles. The molecule has 1 heterocycles. The second-order valence-corrected chi connectivity index (χ2v) is 7.31. The summed E-state index contributed by atoms with van der Waals surface area (Å²) in [7, 11) is 3.11. The fourth-order valence-electron chi connectivity index (χ4n) is 2.74. The Hall–Kier alpha value is -3.35. The average Bonchev–Trinajstić information content (AvgIpc) is 3.14. The van der Waals surface area contributed by atoms with Crippen molar-refractivity contribution in [1.82, 2.24) is 10.3 Å². The van der Waals surface area contributed by atoms with Crippen molar-refractivity contribution >= 4 is 11.7 Å². The monoisotopic (exact) mass is 381 g/mol. The number of hydrogen-bond acceptors (Lipinski definition) is 6. The third kappa shape index (κ3) is 3.98. The van der Waals surface area contributed by atoms with Crippen LogP contribution in [0, 0.1) is 0 Å². The van der Waals surface area contributed by atoms with Gasteiger partial charge in [0.25, 0.3) is 5.91 Å². The Kier molecular flexibility index (Phi) is 5.35. The molecular weight excluding hydrogens is 358 g/mol. The van der Waals surface area contributed by atoms with Gasteiger partial charge in [0.05, 0.1) is 14.2 Å². The van der Waals surface area contributed by atoms with E-state index in [0.717, 1.165) is 5.56 Å². The molecule has 0 fully saturated rings. The van der Waals surface area contributed by atoms with E-state index in [0.29, 0.717) is 28.3 Å². The van der Waals surface area contributed by atoms with E-state index in [1.165, 1.54) is 0 Å². The number of amides is 1. The molecule has 0 spiro atoms. The molecule has 3 rings (SSSR count). The molecule has 3 aromatic rings. The minimum atomic E-state index is -0.294. The highest BCUT2D eigenvalue weighted by Gasteiger charge is 2.19. The Bertz CT molecular complexity index is 972. The number of aromatic nitrogens is 2. The first kappa shape index (κ1) is 19.4. The number of carbonyl (C=O) groups excluding carboxylic acids is 1. The number of hydrogen-bond donors (Lipinski definition) is 1. The van der Waals surface area contributed by atoms with E-state index in [1.54, 1.807) is 44.6 Å². The van der Waals surface area contributed by atoms with Crippen LogP contribution in [0.15, 0.2) is 47.1 Å². The van der Waals surface area contributed by atoms with Crippen molar-refractivity contribution in [2.45, 2.75) is 26.2 Å². The SMILES string of the molecule is COc1ccc(-c2nonc2NC(=O)c2ccc(C(C)(C)C)cc2)cc1OC. The van der Waals surface area contributed by atoms with E-state index in [9.17, 15) is 4.79 Å². The molecule has 7 nitrogen and oxygen atoms in total. The zero-order valence-electron chi connectivity index (χ0n) is 16.6. The molecule has 146 valence electrons. The van der Waals surface area contributed by atoms with Gasteiger partial charge in [-0.1, -0.05) is 32.9 Å². The van der Waals surface area contributed by atoms with Crippen molar-refractivity contribution < 1.29 is 18.9 Å². The average molecular weight is 381 g/mol. The standard InChI is InChI=1S/C21H23N3O4/c1-21(2,3)15-9-6-13(7-10-15)20(25)22-19-18(23-28-24-19)14-8-11-16(26-4)17(12-14)27-5/h6-12H,1-5H3,(H,22,24,25). The lowest BCUT2D eigenvalue weighted by Gasteiger charge is -2.18. The maximum Gasteiger partial charge on any atom is 0.256 e. The van der Waals surface area contributed by atoms with Crippen LogP contribution in [0.2, 0.25) is 0 Å². The van der Waals surface area contributed by atoms with Crippen molar-refractivity contribution in [1.29, 1.82) is 0 Å². The summed E-state index contributed by atoms with van der Waals surface area (Å²) in [6.45, 7) is 6.37. The third-order valence-electron chi connectivity index (χ3n) is 4.39. The second-order valence-electron chi connectivity index (χ2n) is 7.31. The van der Waals surface area contributed by atoms with E-state index in [-0.39, 0.29) is 17.1 Å². The number of nitrogens with one attached hydrogen (secondary N) is 1. The summed E-state index contributed by atoms with van der Waals surface area (Å²) >= 11 is 0. The fraction of sp³-hybridized carbons (Fsp3) is 0.286. The zero-order valence-corrected chi connectivity index (χ0v) is 16.6. The predicted molar refractivity (Wildman–Crippen MR) is 106 cm³/mol. The summed E-state index contributed by atoms with van der Waals surface area (Å²) in [5.41, 5.74) is 2.77. The molecule has 0 unspecified atom stereocenters. The predicted octanol–water partition coefficient (Wildman–Crippen LogP) is 4.30. The van der Waals surface area contributed by atoms with Gasteiger partial charge in [0.2, 0.25) is 5.82 Å². The van der Waals surface area contributed by atoms with Crippen LogP contribution in [0.1, 0.15) is 36.7 Å². The zero-order chi connectivity index (χ0) is 20.3. The van der Waals surface area contributed by atoms with Gasteiger partial charge < -0.3 is 14.8 Å². The van der Waals surface area contributed by atoms with Crippen LogP contribution in [-0.4, -0.2) is 30.4 Å². The summed E-state index contributed by atoms with van der Waals surface area (Å²) < 4.78 is 15.4. The van der Waals surface area contributed by atoms with Gasteiger partial charge >= 0.3 is 0 Å². The van der Waals surface area contributed by atoms with Crippen molar-refractivity contribution in [3.63, 3.8) is 0 Å². The molecule has 28 heavy (non-hydrogen) atoms. The highest BCUT2D eigenvalue weighted by molar-refractivity contribution is 6.05. The molecule has 0 bridgehead atoms. The molecule has 0 aliphatic heterocycles. The lowest BCUT2D eigenvalue weighted by atomic mass is 9.87. The molecular formula is C21H23N3O4. The third-order valence-corrected chi connectivity index (χ3v) is 4.39. The fourth-order valence-corrected chi connectivity index (χ4v) is 2.74. The van der Waals surface area contributed by atoms with Gasteiger partial charge in [0, 0.05) is 11.1 Å². The van der Waals surface area contributed by atoms with E-state index in [2.05, 4.69) is 36.4 Å². The van der Waals surface area contributed by atoms with E-state index in [4.69, 9.17) is 14.1 Å². The molecule has 0 aliphatic carbocycles. The van der Waals surface area contributed by atoms with Crippen molar-refractivity contribution in [3.05, 3.63) is 53.6 Å². The summed E-state index contributed by atoms with van der Waals surface area (Å²) in [5.74, 6) is 1.07. The van der Waals surface area contributed by atoms with Gasteiger partial charge in [0.1, 0.15) is 0 Å². The Labute approximate surface area is 163 Å². The Morgan fingerprint density at radius 1 is 0.964 bits per heavy atom. The number of carbonyl (C=O) groups is 1. The normalized spacial score (nSPS) is 11.2. The smallest absolute Gasteiger partial charge is 0.256 e. The summed E-state index contributed by atoms with van der Waals surface area (Å²) in [5, 5.41) is 10.5. The molecule has 0 saturated heterocycles. The number of ether oxygens (including phenoxy) is 2. The highest BCUT2D eigenvalue weighted by atomic mass is 16.6. The largest absolute Gasteiger partial charge is 0.493 e. The Morgan fingerprint density at radius 2 is 1.64 bits per heavy atom. The van der Waals surface area contributed by atoms with E-state index < -0.39 is 0 Å². The Morgan fingerprint density at radius 3 is 2.25 bits per heavy atom. The minimum absolute atomic E-state index is 0.0195. The van der Waals surface area contributed by atoms with Gasteiger partial charge in [-0.3, -0.25) is 4.79 Å². The maximum absolute atomic E-state index is 12.6. The Balaban J connectivity index is 1.83. The van der Waals surface area contributed by atoms with Crippen molar-refractivity contribution in [2.75, 3.05) is 19.5 Å². The first-order valence-electron chi connectivity index (χ1n) is 8.80. The molecule has 0 atom stereocenters. The van der Waals surface area contributed by atoms with Crippen LogP contribution < -0.4 is 14.8 Å².